The fourth-order valence-corrected chi connectivity index (χ4v) is 2.84. The number of alkyl halides is 3. The van der Waals surface area contributed by atoms with Crippen LogP contribution in [-0.2, 0) is 16.1 Å². The molecule has 2 atom stereocenters. The third-order valence-electron chi connectivity index (χ3n) is 3.66. The number of carbonyl (C=O) groups is 2. The normalized spacial score (nSPS) is 21.5. The molecular weight excluding hydrogens is 385 g/mol. The third-order valence-corrected chi connectivity index (χ3v) is 4.13. The van der Waals surface area contributed by atoms with Gasteiger partial charge in [0.15, 0.2) is 0 Å². The summed E-state index contributed by atoms with van der Waals surface area (Å²) >= 11 is 3.12. The van der Waals surface area contributed by atoms with Crippen molar-refractivity contribution in [1.82, 2.24) is 9.47 Å². The van der Waals surface area contributed by atoms with Crippen molar-refractivity contribution in [2.24, 2.45) is 11.8 Å². The summed E-state index contributed by atoms with van der Waals surface area (Å²) in [5.41, 5.74) is -0.483. The quantitative estimate of drug-likeness (QED) is 0.835. The first-order valence-electron chi connectivity index (χ1n) is 6.53. The first-order valence-corrected chi connectivity index (χ1v) is 7.32. The highest BCUT2D eigenvalue weighted by molar-refractivity contribution is 9.10. The first-order chi connectivity index (χ1) is 10.6. The van der Waals surface area contributed by atoms with Crippen LogP contribution >= 0.6 is 15.9 Å². The van der Waals surface area contributed by atoms with Gasteiger partial charge in [0.2, 0.25) is 5.91 Å². The number of rotatable bonds is 3. The zero-order valence-corrected chi connectivity index (χ0v) is 13.2. The number of amides is 1. The predicted octanol–water partition coefficient (Wildman–Crippen LogP) is 1.33. The van der Waals surface area contributed by atoms with Crippen LogP contribution in [0.2, 0.25) is 0 Å². The smallest absolute Gasteiger partial charge is 0.394 e. The molecule has 6 nitrogen and oxygen atoms in total. The maximum absolute atomic E-state index is 12.9. The number of likely N-dealkylation sites (tertiary alicyclic amines) is 1. The second kappa shape index (κ2) is 6.34. The lowest BCUT2D eigenvalue weighted by molar-refractivity contribution is -0.188. The van der Waals surface area contributed by atoms with E-state index < -0.39 is 55.1 Å². The molecule has 23 heavy (non-hydrogen) atoms. The van der Waals surface area contributed by atoms with E-state index in [0.29, 0.717) is 4.47 Å². The van der Waals surface area contributed by atoms with Gasteiger partial charge in [0.25, 0.3) is 5.56 Å². The molecule has 1 aliphatic rings. The number of pyridine rings is 1. The van der Waals surface area contributed by atoms with E-state index in [4.69, 9.17) is 5.11 Å². The van der Waals surface area contributed by atoms with Crippen LogP contribution in [0.25, 0.3) is 0 Å². The monoisotopic (exact) mass is 396 g/mol. The molecule has 0 aromatic carbocycles. The summed E-state index contributed by atoms with van der Waals surface area (Å²) in [6.45, 7) is -1.70. The minimum Gasteiger partial charge on any atom is -0.481 e. The van der Waals surface area contributed by atoms with Crippen molar-refractivity contribution in [3.8, 4) is 0 Å². The molecule has 2 rings (SSSR count). The zero-order chi connectivity index (χ0) is 17.4. The highest BCUT2D eigenvalue weighted by Crippen LogP contribution is 2.37. The van der Waals surface area contributed by atoms with Gasteiger partial charge in [0, 0.05) is 29.8 Å². The van der Waals surface area contributed by atoms with Crippen molar-refractivity contribution in [1.29, 1.82) is 0 Å². The molecule has 0 aliphatic carbocycles. The fraction of sp³-hybridized carbons (Fsp3) is 0.462. The number of halogens is 4. The standard InChI is InChI=1S/C13H12BrF3N2O4/c14-7-1-2-10(20)18(3-7)6-11(21)19-4-8(12(22)23)9(5-19)13(15,16)17/h1-3,8-9H,4-6H2,(H,22,23)/t8-,9-/m1/s1. The minimum atomic E-state index is -4.70. The van der Waals surface area contributed by atoms with Gasteiger partial charge in [-0.05, 0) is 22.0 Å². The topological polar surface area (TPSA) is 79.6 Å². The van der Waals surface area contributed by atoms with E-state index in [2.05, 4.69) is 15.9 Å². The molecule has 126 valence electrons. The molecule has 1 saturated heterocycles. The van der Waals surface area contributed by atoms with Gasteiger partial charge < -0.3 is 14.6 Å². The molecule has 1 N–H and O–H groups in total. The number of hydrogen-bond acceptors (Lipinski definition) is 3. The predicted molar refractivity (Wildman–Crippen MR) is 75.7 cm³/mol. The second-order valence-corrected chi connectivity index (χ2v) is 6.12. The van der Waals surface area contributed by atoms with Gasteiger partial charge >= 0.3 is 12.1 Å². The first kappa shape index (κ1) is 17.5. The van der Waals surface area contributed by atoms with Gasteiger partial charge in [0.05, 0.1) is 11.8 Å². The van der Waals surface area contributed by atoms with Crippen LogP contribution in [-0.4, -0.2) is 45.7 Å². The van der Waals surface area contributed by atoms with Crippen LogP contribution in [0.4, 0.5) is 13.2 Å². The van der Waals surface area contributed by atoms with Gasteiger partial charge in [-0.2, -0.15) is 13.2 Å². The van der Waals surface area contributed by atoms with Gasteiger partial charge in [-0.25, -0.2) is 0 Å². The van der Waals surface area contributed by atoms with Gasteiger partial charge in [-0.15, -0.1) is 0 Å². The van der Waals surface area contributed by atoms with Crippen LogP contribution in [0.1, 0.15) is 0 Å². The van der Waals surface area contributed by atoms with E-state index in [1.165, 1.54) is 18.3 Å². The molecular formula is C13H12BrF3N2O4. The Bertz CT molecular complexity index is 689. The van der Waals surface area contributed by atoms with Crippen molar-refractivity contribution in [2.75, 3.05) is 13.1 Å². The number of nitrogens with zero attached hydrogens (tertiary/aromatic N) is 2. The number of carboxylic acid groups (broad SMARTS) is 1. The van der Waals surface area contributed by atoms with Gasteiger partial charge in [0.1, 0.15) is 6.54 Å². The van der Waals surface area contributed by atoms with Crippen LogP contribution < -0.4 is 5.56 Å². The average Bonchev–Trinajstić information content (AvgIpc) is 2.88. The van der Waals surface area contributed by atoms with Crippen molar-refractivity contribution < 1.29 is 27.9 Å². The molecule has 0 spiro atoms. The molecule has 0 radical (unpaired) electrons. The number of carboxylic acids is 1. The molecule has 1 amide bonds. The number of aromatic nitrogens is 1. The van der Waals surface area contributed by atoms with E-state index in [1.807, 2.05) is 0 Å². The summed E-state index contributed by atoms with van der Waals surface area (Å²) in [5.74, 6) is -6.13. The molecule has 1 aromatic rings. The summed E-state index contributed by atoms with van der Waals surface area (Å²) in [4.78, 5) is 35.5. The Morgan fingerprint density at radius 3 is 2.48 bits per heavy atom. The number of aliphatic carboxylic acids is 1. The molecule has 10 heteroatoms. The van der Waals surface area contributed by atoms with Crippen LogP contribution in [0, 0.1) is 11.8 Å². The summed E-state index contributed by atoms with van der Waals surface area (Å²) in [6, 6.07) is 2.68. The summed E-state index contributed by atoms with van der Waals surface area (Å²) in [5, 5.41) is 8.92. The summed E-state index contributed by atoms with van der Waals surface area (Å²) in [6.07, 6.45) is -3.36. The van der Waals surface area contributed by atoms with Gasteiger partial charge in [-0.3, -0.25) is 14.4 Å². The van der Waals surface area contributed by atoms with E-state index in [0.717, 1.165) is 9.47 Å². The van der Waals surface area contributed by atoms with E-state index in [1.54, 1.807) is 0 Å². The maximum Gasteiger partial charge on any atom is 0.394 e. The fourth-order valence-electron chi connectivity index (χ4n) is 2.46. The largest absolute Gasteiger partial charge is 0.481 e. The lowest BCUT2D eigenvalue weighted by Gasteiger charge is -2.18. The Morgan fingerprint density at radius 2 is 1.96 bits per heavy atom. The van der Waals surface area contributed by atoms with Crippen molar-refractivity contribution in [2.45, 2.75) is 12.7 Å². The Balaban J connectivity index is 2.16. The van der Waals surface area contributed by atoms with E-state index in [9.17, 15) is 27.6 Å². The van der Waals surface area contributed by atoms with Crippen molar-refractivity contribution in [3.05, 3.63) is 33.2 Å². The molecule has 1 aromatic heterocycles. The molecule has 1 fully saturated rings. The zero-order valence-electron chi connectivity index (χ0n) is 11.6. The summed E-state index contributed by atoms with van der Waals surface area (Å²) < 4.78 is 40.2. The Kier molecular flexibility index (Phi) is 4.83. The van der Waals surface area contributed by atoms with Crippen LogP contribution in [0.15, 0.2) is 27.6 Å². The third kappa shape index (κ3) is 3.92. The van der Waals surface area contributed by atoms with Gasteiger partial charge in [-0.1, -0.05) is 0 Å². The Morgan fingerprint density at radius 1 is 1.30 bits per heavy atom. The molecule has 0 unspecified atom stereocenters. The minimum absolute atomic E-state index is 0.449. The lowest BCUT2D eigenvalue weighted by atomic mass is 9.96. The van der Waals surface area contributed by atoms with Crippen LogP contribution in [0.3, 0.4) is 0 Å². The van der Waals surface area contributed by atoms with Crippen molar-refractivity contribution >= 4 is 27.8 Å². The van der Waals surface area contributed by atoms with Crippen LogP contribution in [0.5, 0.6) is 0 Å². The number of hydrogen-bond donors (Lipinski definition) is 1. The highest BCUT2D eigenvalue weighted by Gasteiger charge is 2.53. The molecule has 1 aliphatic heterocycles. The molecule has 0 bridgehead atoms. The Hall–Kier alpha value is -1.84. The highest BCUT2D eigenvalue weighted by atomic mass is 79.9. The molecule has 0 saturated carbocycles. The lowest BCUT2D eigenvalue weighted by Crippen LogP contribution is -2.36. The second-order valence-electron chi connectivity index (χ2n) is 5.21. The number of carbonyl (C=O) groups excluding carboxylic acids is 1. The summed E-state index contributed by atoms with van der Waals surface area (Å²) in [7, 11) is 0. The Labute approximate surface area is 136 Å². The SMILES string of the molecule is O=C(O)[C@@H]1CN(C(=O)Cn2cc(Br)ccc2=O)C[C@H]1C(F)(F)F. The van der Waals surface area contributed by atoms with Crippen molar-refractivity contribution in [3.63, 3.8) is 0 Å². The average molecular weight is 397 g/mol. The maximum atomic E-state index is 12.9. The molecule has 2 heterocycles. The van der Waals surface area contributed by atoms with E-state index >= 15 is 0 Å². The van der Waals surface area contributed by atoms with E-state index in [-0.39, 0.29) is 0 Å².